The van der Waals surface area contributed by atoms with Crippen LogP contribution in [0.1, 0.15) is 0 Å². The summed E-state index contributed by atoms with van der Waals surface area (Å²) in [4.78, 5) is 0. The Bertz CT molecular complexity index is 212. The van der Waals surface area contributed by atoms with Crippen LogP contribution in [0.3, 0.4) is 0 Å². The quantitative estimate of drug-likeness (QED) is 0.491. The Hall–Kier alpha value is -0.820. The zero-order valence-electron chi connectivity index (χ0n) is 5.07. The summed E-state index contributed by atoms with van der Waals surface area (Å²) >= 11 is 10.4. The van der Waals surface area contributed by atoms with Gasteiger partial charge in [-0.1, -0.05) is 35.0 Å². The lowest BCUT2D eigenvalue weighted by Gasteiger charge is -1.59. The summed E-state index contributed by atoms with van der Waals surface area (Å²) in [6.45, 7) is 0. The van der Waals surface area contributed by atoms with E-state index in [0.717, 1.165) is 0 Å². The first kappa shape index (κ1) is 9.18. The fraction of sp³-hybridized carbons (Fsp3) is 0. The highest BCUT2D eigenvalue weighted by molar-refractivity contribution is 6.25. The van der Waals surface area contributed by atoms with Crippen molar-refractivity contribution in [2.45, 2.75) is 0 Å². The number of halogens is 2. The summed E-state index contributed by atoms with van der Waals surface area (Å²) in [5.74, 6) is 10.2. The Kier molecular flexibility index (Phi) is 7.51. The molecule has 0 radical (unpaired) electrons. The molecule has 0 aromatic carbocycles. The molecule has 0 aliphatic heterocycles. The molecule has 0 aliphatic carbocycles. The summed E-state index contributed by atoms with van der Waals surface area (Å²) in [5, 5.41) is 0. The van der Waals surface area contributed by atoms with E-state index in [9.17, 15) is 0 Å². The first-order chi connectivity index (χ1) is 4.91. The third kappa shape index (κ3) is 7.18. The first-order valence-corrected chi connectivity index (χ1v) is 3.30. The summed E-state index contributed by atoms with van der Waals surface area (Å²) < 4.78 is 0. The maximum absolute atomic E-state index is 5.18. The van der Waals surface area contributed by atoms with E-state index in [1.54, 1.807) is 0 Å². The van der Waals surface area contributed by atoms with Crippen LogP contribution in [0, 0.1) is 23.7 Å². The van der Waals surface area contributed by atoms with Crippen LogP contribution in [0.2, 0.25) is 0 Å². The second-order valence-electron chi connectivity index (χ2n) is 1.12. The van der Waals surface area contributed by atoms with Crippen molar-refractivity contribution >= 4 is 23.2 Å². The maximum Gasteiger partial charge on any atom is 0.0126 e. The average molecular weight is 171 g/mol. The van der Waals surface area contributed by atoms with E-state index in [1.807, 2.05) is 0 Å². The van der Waals surface area contributed by atoms with Gasteiger partial charge in [0.1, 0.15) is 0 Å². The lowest BCUT2D eigenvalue weighted by molar-refractivity contribution is 2.20. The number of hydrogen-bond donors (Lipinski definition) is 0. The molecule has 0 nitrogen and oxygen atoms in total. The predicted octanol–water partition coefficient (Wildman–Crippen LogP) is 2.50. The van der Waals surface area contributed by atoms with Gasteiger partial charge in [-0.3, -0.25) is 0 Å². The van der Waals surface area contributed by atoms with E-state index < -0.39 is 0 Å². The van der Waals surface area contributed by atoms with Crippen LogP contribution in [-0.2, 0) is 0 Å². The third-order valence-electron chi connectivity index (χ3n) is 0.499. The van der Waals surface area contributed by atoms with Gasteiger partial charge in [0, 0.05) is 23.2 Å². The number of allylic oxidation sites excluding steroid dienone is 2. The second kappa shape index (κ2) is 8.18. The molecule has 2 heteroatoms. The van der Waals surface area contributed by atoms with Crippen LogP contribution < -0.4 is 0 Å². The van der Waals surface area contributed by atoms with Gasteiger partial charge in [-0.05, 0) is 11.8 Å². The average Bonchev–Trinajstić information content (AvgIpc) is 1.97. The molecule has 10 heavy (non-hydrogen) atoms. The van der Waals surface area contributed by atoms with Gasteiger partial charge in [-0.25, -0.2) is 0 Å². The fourth-order valence-electron chi connectivity index (χ4n) is 0.218. The van der Waals surface area contributed by atoms with E-state index in [0.29, 0.717) is 0 Å². The molecule has 0 unspecified atom stereocenters. The molecule has 0 saturated carbocycles. The van der Waals surface area contributed by atoms with Crippen LogP contribution in [0.4, 0.5) is 0 Å². The van der Waals surface area contributed by atoms with E-state index in [4.69, 9.17) is 23.2 Å². The van der Waals surface area contributed by atoms with E-state index in [-0.39, 0.29) is 0 Å². The van der Waals surface area contributed by atoms with Gasteiger partial charge in [0.25, 0.3) is 0 Å². The summed E-state index contributed by atoms with van der Waals surface area (Å²) in [6, 6.07) is 0. The van der Waals surface area contributed by atoms with Crippen molar-refractivity contribution in [1.29, 1.82) is 0 Å². The Balaban J connectivity index is 3.78. The molecule has 0 heterocycles. The summed E-state index contributed by atoms with van der Waals surface area (Å²) in [7, 11) is 0. The molecule has 0 spiro atoms. The van der Waals surface area contributed by atoms with Gasteiger partial charge in [-0.2, -0.15) is 0 Å². The van der Waals surface area contributed by atoms with Gasteiger partial charge >= 0.3 is 0 Å². The molecule has 0 atom stereocenters. The summed E-state index contributed by atoms with van der Waals surface area (Å²) in [5.41, 5.74) is 2.65. The van der Waals surface area contributed by atoms with Crippen molar-refractivity contribution in [3.63, 3.8) is 0 Å². The lowest BCUT2D eigenvalue weighted by atomic mass is 10.5. The molecule has 0 bridgehead atoms. The van der Waals surface area contributed by atoms with Crippen molar-refractivity contribution < 1.29 is 0 Å². The van der Waals surface area contributed by atoms with Crippen molar-refractivity contribution in [3.05, 3.63) is 23.2 Å². The second-order valence-corrected chi connectivity index (χ2v) is 1.63. The molecular weight excluding hydrogens is 167 g/mol. The van der Waals surface area contributed by atoms with E-state index in [1.165, 1.54) is 23.2 Å². The largest absolute Gasteiger partial charge is 0.0923 e. The molecule has 0 N–H and O–H groups in total. The smallest absolute Gasteiger partial charge is 0.0126 e. The van der Waals surface area contributed by atoms with Crippen LogP contribution in [0.25, 0.3) is 0 Å². The minimum Gasteiger partial charge on any atom is -0.0923 e. The summed E-state index contributed by atoms with van der Waals surface area (Å²) in [6.07, 6.45) is 3.00. The number of rotatable bonds is 0. The maximum atomic E-state index is 5.18. The molecule has 50 valence electrons. The molecule has 0 aromatic heterocycles. The topological polar surface area (TPSA) is 0 Å². The standard InChI is InChI=1S/C8H4Cl2/c9-7-5-3-1-2-4-6-8-10/h5-8H. The van der Waals surface area contributed by atoms with Gasteiger partial charge in [0.2, 0.25) is 0 Å². The van der Waals surface area contributed by atoms with Gasteiger partial charge in [0.15, 0.2) is 0 Å². The van der Waals surface area contributed by atoms with Crippen LogP contribution in [0.5, 0.6) is 0 Å². The number of hydrogen-bond acceptors (Lipinski definition) is 0. The highest BCUT2D eigenvalue weighted by Crippen LogP contribution is 1.74. The molecule has 0 aromatic rings. The molecule has 0 aliphatic rings. The monoisotopic (exact) mass is 170 g/mol. The zero-order valence-corrected chi connectivity index (χ0v) is 6.58. The van der Waals surface area contributed by atoms with E-state index in [2.05, 4.69) is 23.7 Å². The minimum absolute atomic E-state index is 1.33. The third-order valence-corrected chi connectivity index (χ3v) is 0.751. The zero-order chi connectivity index (χ0) is 7.66. The molecular formula is C8H4Cl2. The van der Waals surface area contributed by atoms with Gasteiger partial charge in [-0.15, -0.1) is 0 Å². The predicted molar refractivity (Wildman–Crippen MR) is 45.5 cm³/mol. The Morgan fingerprint density at radius 2 is 1.20 bits per heavy atom. The van der Waals surface area contributed by atoms with Crippen LogP contribution in [-0.4, -0.2) is 0 Å². The molecule has 0 saturated heterocycles. The Morgan fingerprint density at radius 1 is 0.800 bits per heavy atom. The normalized spacial score (nSPS) is 8.60. The molecule has 0 fully saturated rings. The minimum atomic E-state index is 1.33. The van der Waals surface area contributed by atoms with Crippen molar-refractivity contribution in [2.75, 3.05) is 0 Å². The molecule has 0 rings (SSSR count). The van der Waals surface area contributed by atoms with Gasteiger partial charge in [0.05, 0.1) is 0 Å². The van der Waals surface area contributed by atoms with E-state index >= 15 is 0 Å². The highest BCUT2D eigenvalue weighted by atomic mass is 35.5. The Morgan fingerprint density at radius 3 is 1.50 bits per heavy atom. The lowest BCUT2D eigenvalue weighted by Crippen LogP contribution is -1.49. The SMILES string of the molecule is ClC=CC#CC#CC=CCl. The molecule has 0 amide bonds. The highest BCUT2D eigenvalue weighted by Gasteiger charge is 1.55. The van der Waals surface area contributed by atoms with Gasteiger partial charge < -0.3 is 0 Å². The fourth-order valence-corrected chi connectivity index (χ4v) is 0.344. The van der Waals surface area contributed by atoms with Crippen LogP contribution >= 0.6 is 23.2 Å². The van der Waals surface area contributed by atoms with Crippen molar-refractivity contribution in [1.82, 2.24) is 0 Å². The first-order valence-electron chi connectivity index (χ1n) is 2.43. The van der Waals surface area contributed by atoms with Crippen molar-refractivity contribution in [3.8, 4) is 23.7 Å². The Labute approximate surface area is 70.5 Å². The van der Waals surface area contributed by atoms with Crippen LogP contribution in [0.15, 0.2) is 23.2 Å². The van der Waals surface area contributed by atoms with Crippen molar-refractivity contribution in [2.24, 2.45) is 0 Å².